The average Bonchev–Trinajstić information content (AvgIpc) is 3.61. The van der Waals surface area contributed by atoms with E-state index in [1.165, 1.54) is 12.8 Å². The van der Waals surface area contributed by atoms with Gasteiger partial charge in [0.05, 0.1) is 11.7 Å². The maximum Gasteiger partial charge on any atom is 0.255 e. The third-order valence-corrected chi connectivity index (χ3v) is 6.89. The lowest BCUT2D eigenvalue weighted by Crippen LogP contribution is -2.32. The Morgan fingerprint density at radius 3 is 2.89 bits per heavy atom. The fourth-order valence-corrected chi connectivity index (χ4v) is 4.89. The van der Waals surface area contributed by atoms with Crippen LogP contribution in [0.2, 0.25) is 0 Å². The van der Waals surface area contributed by atoms with Crippen molar-refractivity contribution in [1.29, 1.82) is 0 Å². The molecule has 3 aliphatic rings. The number of amides is 1. The highest BCUT2D eigenvalue weighted by molar-refractivity contribution is 7.99. The second-order valence-electron chi connectivity index (χ2n) is 7.74. The van der Waals surface area contributed by atoms with Crippen molar-refractivity contribution in [3.05, 3.63) is 41.4 Å². The summed E-state index contributed by atoms with van der Waals surface area (Å²) in [7, 11) is 2.00. The van der Waals surface area contributed by atoms with E-state index in [4.69, 9.17) is 0 Å². The van der Waals surface area contributed by atoms with Crippen molar-refractivity contribution in [1.82, 2.24) is 25.0 Å². The summed E-state index contributed by atoms with van der Waals surface area (Å²) in [5.41, 5.74) is 2.23. The minimum atomic E-state index is -0.0666. The first-order chi connectivity index (χ1) is 13.6. The molecule has 1 unspecified atom stereocenters. The standard InChI is InChI=1S/C20H23N5O2S/c1-24-18(22-23-20(24)28-11-12-4-5-12)17-3-2-8-25(17)19(27)14-7-6-13(26)9-15(14)16-10-21-16/h6-7,9-10,12,17,21,26H,2-5,8,11H2,1H3. The molecule has 28 heavy (non-hydrogen) atoms. The van der Waals surface area contributed by atoms with Crippen molar-refractivity contribution in [3.8, 4) is 5.75 Å². The molecule has 2 N–H and O–H groups in total. The number of likely N-dealkylation sites (tertiary alicyclic amines) is 1. The van der Waals surface area contributed by atoms with Gasteiger partial charge in [0.1, 0.15) is 5.75 Å². The van der Waals surface area contributed by atoms with E-state index in [0.717, 1.165) is 46.8 Å². The number of carbonyl (C=O) groups is 1. The number of thioether (sulfide) groups is 1. The Morgan fingerprint density at radius 2 is 2.14 bits per heavy atom. The highest BCUT2D eigenvalue weighted by Gasteiger charge is 2.36. The van der Waals surface area contributed by atoms with Gasteiger partial charge in [-0.25, -0.2) is 0 Å². The van der Waals surface area contributed by atoms with Crippen molar-refractivity contribution in [2.45, 2.75) is 36.9 Å². The van der Waals surface area contributed by atoms with Crippen LogP contribution in [-0.2, 0) is 7.05 Å². The molecule has 1 aromatic heterocycles. The maximum atomic E-state index is 13.4. The molecule has 7 nitrogen and oxygen atoms in total. The SMILES string of the molecule is Cn1c(SCC2CC2)nnc1C1CCCN1C(=O)c1ccc(O)cc1C1=CN1. The molecular formula is C20H23N5O2S. The van der Waals surface area contributed by atoms with Crippen LogP contribution in [0.5, 0.6) is 5.75 Å². The van der Waals surface area contributed by atoms with Gasteiger partial charge in [-0.1, -0.05) is 11.8 Å². The molecule has 146 valence electrons. The van der Waals surface area contributed by atoms with Gasteiger partial charge in [-0.15, -0.1) is 10.2 Å². The zero-order valence-corrected chi connectivity index (χ0v) is 16.6. The van der Waals surface area contributed by atoms with Crippen molar-refractivity contribution in [3.63, 3.8) is 0 Å². The van der Waals surface area contributed by atoms with Gasteiger partial charge in [-0.3, -0.25) is 4.79 Å². The summed E-state index contributed by atoms with van der Waals surface area (Å²) in [5, 5.41) is 22.6. The Hall–Kier alpha value is -2.48. The van der Waals surface area contributed by atoms with Crippen molar-refractivity contribution >= 4 is 23.4 Å². The Bertz CT molecular complexity index is 966. The third-order valence-electron chi connectivity index (χ3n) is 5.64. The van der Waals surface area contributed by atoms with Crippen molar-refractivity contribution in [2.75, 3.05) is 12.3 Å². The number of phenols is 1. The monoisotopic (exact) mass is 397 g/mol. The number of carbonyl (C=O) groups excluding carboxylic acids is 1. The van der Waals surface area contributed by atoms with Crippen LogP contribution >= 0.6 is 11.8 Å². The van der Waals surface area contributed by atoms with Gasteiger partial charge in [0.15, 0.2) is 11.0 Å². The Kier molecular flexibility index (Phi) is 4.30. The van der Waals surface area contributed by atoms with Crippen LogP contribution in [0.1, 0.15) is 53.5 Å². The van der Waals surface area contributed by atoms with Gasteiger partial charge >= 0.3 is 0 Å². The predicted octanol–water partition coefficient (Wildman–Crippen LogP) is 2.90. The Morgan fingerprint density at radius 1 is 1.32 bits per heavy atom. The molecule has 2 fully saturated rings. The maximum absolute atomic E-state index is 13.4. The molecule has 8 heteroatoms. The lowest BCUT2D eigenvalue weighted by molar-refractivity contribution is 0.0727. The highest BCUT2D eigenvalue weighted by atomic mass is 32.2. The number of nitrogens with zero attached hydrogens (tertiary/aromatic N) is 4. The number of aromatic nitrogens is 3. The molecule has 2 aromatic rings. The number of benzene rings is 1. The summed E-state index contributed by atoms with van der Waals surface area (Å²) < 4.78 is 2.05. The Labute approximate surface area is 167 Å². The molecule has 1 aromatic carbocycles. The second-order valence-corrected chi connectivity index (χ2v) is 8.73. The molecular weight excluding hydrogens is 374 g/mol. The average molecular weight is 398 g/mol. The van der Waals surface area contributed by atoms with Gasteiger partial charge in [0, 0.05) is 36.7 Å². The van der Waals surface area contributed by atoms with Gasteiger partial charge in [-0.05, 0) is 49.8 Å². The predicted molar refractivity (Wildman–Crippen MR) is 107 cm³/mol. The van der Waals surface area contributed by atoms with Gasteiger partial charge in [-0.2, -0.15) is 0 Å². The number of rotatable bonds is 6. The van der Waals surface area contributed by atoms with Gasteiger partial charge in [0.25, 0.3) is 5.91 Å². The fraction of sp³-hybridized carbons (Fsp3) is 0.450. The molecule has 0 bridgehead atoms. The van der Waals surface area contributed by atoms with Crippen LogP contribution in [0.15, 0.2) is 29.6 Å². The summed E-state index contributed by atoms with van der Waals surface area (Å²) in [5.74, 6) is 2.91. The lowest BCUT2D eigenvalue weighted by Gasteiger charge is -2.25. The number of phenolic OH excluding ortho intramolecular Hbond substituents is 1. The first-order valence-corrected chi connectivity index (χ1v) is 10.7. The second kappa shape index (κ2) is 6.84. The minimum Gasteiger partial charge on any atom is -0.508 e. The van der Waals surface area contributed by atoms with E-state index < -0.39 is 0 Å². The minimum absolute atomic E-state index is 0.0257. The largest absolute Gasteiger partial charge is 0.508 e. The van der Waals surface area contributed by atoms with Crippen molar-refractivity contribution < 1.29 is 9.90 Å². The Balaban J connectivity index is 1.40. The molecule has 2 aliphatic heterocycles. The number of hydrogen-bond donors (Lipinski definition) is 2. The first-order valence-electron chi connectivity index (χ1n) is 9.75. The van der Waals surface area contributed by atoms with E-state index in [-0.39, 0.29) is 17.7 Å². The molecule has 1 atom stereocenters. The molecule has 5 rings (SSSR count). The molecule has 1 saturated heterocycles. The number of hydrogen-bond acceptors (Lipinski definition) is 6. The smallest absolute Gasteiger partial charge is 0.255 e. The van der Waals surface area contributed by atoms with Gasteiger partial charge in [0.2, 0.25) is 0 Å². The van der Waals surface area contributed by atoms with Crippen LogP contribution in [0, 0.1) is 5.92 Å². The number of aromatic hydroxyl groups is 1. The summed E-state index contributed by atoms with van der Waals surface area (Å²) >= 11 is 1.76. The topological polar surface area (TPSA) is 93.2 Å². The molecule has 0 radical (unpaired) electrons. The normalized spacial score (nSPS) is 20.8. The quantitative estimate of drug-likeness (QED) is 0.728. The van der Waals surface area contributed by atoms with Gasteiger partial charge < -0.3 is 19.9 Å². The zero-order chi connectivity index (χ0) is 19.3. The third kappa shape index (κ3) is 3.26. The lowest BCUT2D eigenvalue weighted by atomic mass is 10.0. The summed E-state index contributed by atoms with van der Waals surface area (Å²) in [6.07, 6.45) is 6.31. The van der Waals surface area contributed by atoms with E-state index in [2.05, 4.69) is 15.5 Å². The summed E-state index contributed by atoms with van der Waals surface area (Å²) in [6, 6.07) is 4.85. The zero-order valence-electron chi connectivity index (χ0n) is 15.8. The van der Waals surface area contributed by atoms with Crippen LogP contribution in [0.3, 0.4) is 0 Å². The summed E-state index contributed by atoms with van der Waals surface area (Å²) in [4.78, 5) is 15.3. The van der Waals surface area contributed by atoms with Crippen molar-refractivity contribution in [2.24, 2.45) is 13.0 Å². The van der Waals surface area contributed by atoms with E-state index in [1.807, 2.05) is 22.7 Å². The highest BCUT2D eigenvalue weighted by Crippen LogP contribution is 2.37. The fourth-order valence-electron chi connectivity index (χ4n) is 3.79. The van der Waals surface area contributed by atoms with E-state index in [9.17, 15) is 9.90 Å². The van der Waals surface area contributed by atoms with E-state index in [1.54, 1.807) is 30.0 Å². The van der Waals surface area contributed by atoms with Crippen LogP contribution in [-0.4, -0.2) is 43.0 Å². The number of nitrogens with one attached hydrogen (secondary N) is 1. The first kappa shape index (κ1) is 17.6. The van der Waals surface area contributed by atoms with E-state index >= 15 is 0 Å². The summed E-state index contributed by atoms with van der Waals surface area (Å²) in [6.45, 7) is 0.702. The van der Waals surface area contributed by atoms with Crippen LogP contribution in [0.4, 0.5) is 0 Å². The van der Waals surface area contributed by atoms with E-state index in [0.29, 0.717) is 12.1 Å². The molecule has 0 spiro atoms. The molecule has 1 saturated carbocycles. The molecule has 1 aliphatic carbocycles. The van der Waals surface area contributed by atoms with Crippen LogP contribution < -0.4 is 5.32 Å². The molecule has 1 amide bonds. The molecule has 3 heterocycles. The van der Waals surface area contributed by atoms with Crippen LogP contribution in [0.25, 0.3) is 5.70 Å².